The van der Waals surface area contributed by atoms with Gasteiger partial charge in [0.25, 0.3) is 0 Å². The van der Waals surface area contributed by atoms with Crippen molar-refractivity contribution in [3.63, 3.8) is 0 Å². The fourth-order valence-corrected chi connectivity index (χ4v) is 2.79. The van der Waals surface area contributed by atoms with Gasteiger partial charge in [0.15, 0.2) is 11.6 Å². The minimum absolute atomic E-state index is 0.0300. The normalized spacial score (nSPS) is 11.5. The van der Waals surface area contributed by atoms with Gasteiger partial charge in [-0.2, -0.15) is 10.1 Å². The van der Waals surface area contributed by atoms with Crippen molar-refractivity contribution in [1.82, 2.24) is 19.7 Å². The van der Waals surface area contributed by atoms with Gasteiger partial charge in [-0.3, -0.25) is 4.68 Å². The molecule has 148 valence electrons. The number of primary sulfonamides is 1. The number of nitrogens with two attached hydrogens (primary N) is 1. The standard InChI is InChI=1S/C15H14F3N7O2S/c1-25-7-8(4-22-25)23-15-21-6-13(18)14(24-15)20-5-10-11(16)2-9(3-12(10)17)28(19,26)27/h2-4,6-7H,5H2,1H3,(H2,19,26,27)(H2,20,21,23,24). The highest BCUT2D eigenvalue weighted by molar-refractivity contribution is 7.89. The van der Waals surface area contributed by atoms with Crippen LogP contribution in [-0.4, -0.2) is 28.2 Å². The quantitative estimate of drug-likeness (QED) is 0.560. The SMILES string of the molecule is Cn1cc(Nc2ncc(F)c(NCc3c(F)cc(S(N)(=O)=O)cc3F)n2)cn1. The second kappa shape index (κ2) is 7.44. The maximum absolute atomic E-state index is 14.1. The smallest absolute Gasteiger partial charge is 0.238 e. The number of benzene rings is 1. The number of aryl methyl sites for hydroxylation is 1. The maximum Gasteiger partial charge on any atom is 0.238 e. The van der Waals surface area contributed by atoms with Gasteiger partial charge in [-0.1, -0.05) is 0 Å². The van der Waals surface area contributed by atoms with Crippen molar-refractivity contribution in [3.8, 4) is 0 Å². The van der Waals surface area contributed by atoms with Gasteiger partial charge in [0, 0.05) is 25.4 Å². The number of sulfonamides is 1. The lowest BCUT2D eigenvalue weighted by Crippen LogP contribution is -2.15. The third kappa shape index (κ3) is 4.37. The van der Waals surface area contributed by atoms with Crippen LogP contribution in [0.15, 0.2) is 35.6 Å². The molecule has 2 heterocycles. The van der Waals surface area contributed by atoms with Crippen LogP contribution in [0.1, 0.15) is 5.56 Å². The average molecular weight is 413 g/mol. The Labute approximate surface area is 157 Å². The first-order valence-corrected chi connectivity index (χ1v) is 9.21. The summed E-state index contributed by atoms with van der Waals surface area (Å²) in [6, 6.07) is 1.17. The summed E-state index contributed by atoms with van der Waals surface area (Å²) in [5.41, 5.74) is 0.0444. The van der Waals surface area contributed by atoms with Crippen LogP contribution in [0, 0.1) is 17.5 Å². The van der Waals surface area contributed by atoms with E-state index in [4.69, 9.17) is 5.14 Å². The van der Waals surface area contributed by atoms with E-state index in [2.05, 4.69) is 25.7 Å². The van der Waals surface area contributed by atoms with Crippen LogP contribution in [0.4, 0.5) is 30.6 Å². The average Bonchev–Trinajstić information content (AvgIpc) is 3.00. The summed E-state index contributed by atoms with van der Waals surface area (Å²) in [5, 5.41) is 14.1. The summed E-state index contributed by atoms with van der Waals surface area (Å²) in [6.07, 6.45) is 4.01. The predicted octanol–water partition coefficient (Wildman–Crippen LogP) is 1.63. The van der Waals surface area contributed by atoms with Gasteiger partial charge >= 0.3 is 0 Å². The molecule has 4 N–H and O–H groups in total. The number of rotatable bonds is 6. The Morgan fingerprint density at radius 1 is 1.14 bits per heavy atom. The predicted molar refractivity (Wildman–Crippen MR) is 93.5 cm³/mol. The molecule has 0 spiro atoms. The maximum atomic E-state index is 14.1. The van der Waals surface area contributed by atoms with Gasteiger partial charge in [0.05, 0.1) is 23.0 Å². The Bertz CT molecular complexity index is 1110. The third-order valence-corrected chi connectivity index (χ3v) is 4.47. The highest BCUT2D eigenvalue weighted by Crippen LogP contribution is 2.21. The molecule has 0 fully saturated rings. The van der Waals surface area contributed by atoms with Crippen molar-refractivity contribution >= 4 is 27.5 Å². The van der Waals surface area contributed by atoms with Crippen LogP contribution in [-0.2, 0) is 23.6 Å². The Morgan fingerprint density at radius 3 is 2.39 bits per heavy atom. The summed E-state index contributed by atoms with van der Waals surface area (Å²) < 4.78 is 66.0. The van der Waals surface area contributed by atoms with E-state index in [0.29, 0.717) is 17.8 Å². The molecule has 3 aromatic rings. The molecule has 2 aromatic heterocycles. The van der Waals surface area contributed by atoms with Crippen LogP contribution in [0.25, 0.3) is 0 Å². The van der Waals surface area contributed by atoms with Crippen molar-refractivity contribution in [1.29, 1.82) is 0 Å². The Morgan fingerprint density at radius 2 is 1.82 bits per heavy atom. The summed E-state index contributed by atoms with van der Waals surface area (Å²) in [6.45, 7) is -0.497. The van der Waals surface area contributed by atoms with Crippen molar-refractivity contribution in [2.24, 2.45) is 12.2 Å². The molecule has 0 atom stereocenters. The molecular weight excluding hydrogens is 399 g/mol. The van der Waals surface area contributed by atoms with Crippen molar-refractivity contribution in [2.45, 2.75) is 11.4 Å². The molecule has 0 amide bonds. The molecule has 0 saturated carbocycles. The molecular formula is C15H14F3N7O2S. The van der Waals surface area contributed by atoms with E-state index in [-0.39, 0.29) is 11.8 Å². The van der Waals surface area contributed by atoms with Gasteiger partial charge in [-0.15, -0.1) is 0 Å². The van der Waals surface area contributed by atoms with E-state index in [9.17, 15) is 21.6 Å². The van der Waals surface area contributed by atoms with Crippen LogP contribution >= 0.6 is 0 Å². The monoisotopic (exact) mass is 413 g/mol. The van der Waals surface area contributed by atoms with Gasteiger partial charge in [0.1, 0.15) is 11.6 Å². The Hall–Kier alpha value is -3.19. The van der Waals surface area contributed by atoms with E-state index in [1.807, 2.05) is 0 Å². The van der Waals surface area contributed by atoms with Gasteiger partial charge in [0.2, 0.25) is 16.0 Å². The largest absolute Gasteiger partial charge is 0.363 e. The van der Waals surface area contributed by atoms with Gasteiger partial charge in [-0.05, 0) is 12.1 Å². The molecule has 1 aromatic carbocycles. The molecule has 0 aliphatic heterocycles. The van der Waals surface area contributed by atoms with E-state index in [0.717, 1.165) is 6.20 Å². The molecule has 3 rings (SSSR count). The summed E-state index contributed by atoms with van der Waals surface area (Å²) in [4.78, 5) is 6.97. The van der Waals surface area contributed by atoms with Crippen molar-refractivity contribution < 1.29 is 21.6 Å². The Kier molecular flexibility index (Phi) is 5.20. The molecule has 0 unspecified atom stereocenters. The first-order valence-electron chi connectivity index (χ1n) is 7.66. The molecule has 13 heteroatoms. The second-order valence-electron chi connectivity index (χ2n) is 5.68. The molecule has 0 aliphatic carbocycles. The second-order valence-corrected chi connectivity index (χ2v) is 7.24. The van der Waals surface area contributed by atoms with Gasteiger partial charge < -0.3 is 10.6 Å². The molecule has 0 bridgehead atoms. The lowest BCUT2D eigenvalue weighted by molar-refractivity contribution is 0.547. The lowest BCUT2D eigenvalue weighted by Gasteiger charge is -2.11. The topological polar surface area (TPSA) is 128 Å². The fourth-order valence-electron chi connectivity index (χ4n) is 2.25. The lowest BCUT2D eigenvalue weighted by atomic mass is 10.2. The number of anilines is 3. The minimum atomic E-state index is -4.27. The first kappa shape index (κ1) is 19.6. The van der Waals surface area contributed by atoms with E-state index >= 15 is 0 Å². The van der Waals surface area contributed by atoms with Crippen LogP contribution < -0.4 is 15.8 Å². The zero-order valence-electron chi connectivity index (χ0n) is 14.3. The number of hydrogen-bond acceptors (Lipinski definition) is 7. The Balaban J connectivity index is 1.80. The number of nitrogens with zero attached hydrogens (tertiary/aromatic N) is 4. The molecule has 0 radical (unpaired) electrons. The van der Waals surface area contributed by atoms with E-state index < -0.39 is 44.5 Å². The zero-order valence-corrected chi connectivity index (χ0v) is 15.1. The fraction of sp³-hybridized carbons (Fsp3) is 0.133. The molecule has 0 aliphatic rings. The molecule has 9 nitrogen and oxygen atoms in total. The third-order valence-electron chi connectivity index (χ3n) is 3.58. The van der Waals surface area contributed by atoms with Gasteiger partial charge in [-0.25, -0.2) is 31.7 Å². The highest BCUT2D eigenvalue weighted by Gasteiger charge is 2.17. The summed E-state index contributed by atoms with van der Waals surface area (Å²) in [5.74, 6) is -3.43. The van der Waals surface area contributed by atoms with Crippen LogP contribution in [0.3, 0.4) is 0 Å². The number of halogens is 3. The number of hydrogen-bond donors (Lipinski definition) is 3. The highest BCUT2D eigenvalue weighted by atomic mass is 32.2. The van der Waals surface area contributed by atoms with Crippen molar-refractivity contribution in [2.75, 3.05) is 10.6 Å². The van der Waals surface area contributed by atoms with Crippen LogP contribution in [0.2, 0.25) is 0 Å². The van der Waals surface area contributed by atoms with E-state index in [1.165, 1.54) is 10.9 Å². The number of aromatic nitrogens is 4. The number of nitrogens with one attached hydrogen (secondary N) is 2. The molecule has 0 saturated heterocycles. The van der Waals surface area contributed by atoms with E-state index in [1.54, 1.807) is 13.2 Å². The summed E-state index contributed by atoms with van der Waals surface area (Å²) >= 11 is 0. The molecule has 28 heavy (non-hydrogen) atoms. The zero-order chi connectivity index (χ0) is 20.5. The first-order chi connectivity index (χ1) is 13.1. The minimum Gasteiger partial charge on any atom is -0.363 e. The van der Waals surface area contributed by atoms with Crippen LogP contribution in [0.5, 0.6) is 0 Å². The van der Waals surface area contributed by atoms with Crippen molar-refractivity contribution in [3.05, 3.63) is 53.7 Å². The summed E-state index contributed by atoms with van der Waals surface area (Å²) in [7, 11) is -2.57.